The molecule has 0 saturated carbocycles. The number of nitrogens with zero attached hydrogens (tertiary/aromatic N) is 1. The quantitative estimate of drug-likeness (QED) is 0.808. The Hall–Kier alpha value is -1.13. The summed E-state index contributed by atoms with van der Waals surface area (Å²) in [5, 5.41) is 0. The number of pyridine rings is 1. The van der Waals surface area contributed by atoms with Gasteiger partial charge in [0.2, 0.25) is 0 Å². The second-order valence-electron chi connectivity index (χ2n) is 3.84. The number of ether oxygens (including phenoxy) is 2. The number of anilines is 1. The molecule has 1 unspecified atom stereocenters. The van der Waals surface area contributed by atoms with Crippen molar-refractivity contribution in [1.29, 1.82) is 0 Å². The molecule has 1 saturated heterocycles. The van der Waals surface area contributed by atoms with E-state index in [9.17, 15) is 0 Å². The van der Waals surface area contributed by atoms with Gasteiger partial charge in [-0.25, -0.2) is 4.98 Å². The van der Waals surface area contributed by atoms with Crippen LogP contribution in [0.1, 0.15) is 12.0 Å². The van der Waals surface area contributed by atoms with Gasteiger partial charge in [0.25, 0.3) is 0 Å². The molecule has 0 aromatic carbocycles. The summed E-state index contributed by atoms with van der Waals surface area (Å²) in [6.45, 7) is 3.07. The summed E-state index contributed by atoms with van der Waals surface area (Å²) in [5.41, 5.74) is 6.54. The average Bonchev–Trinajstić information content (AvgIpc) is 2.74. The van der Waals surface area contributed by atoms with Gasteiger partial charge in [-0.2, -0.15) is 0 Å². The molecule has 1 fully saturated rings. The maximum Gasteiger partial charge on any atom is 0.123 e. The van der Waals surface area contributed by atoms with E-state index >= 15 is 0 Å². The maximum atomic E-state index is 5.58. The Morgan fingerprint density at radius 2 is 2.47 bits per heavy atom. The zero-order valence-electron chi connectivity index (χ0n) is 8.69. The summed E-state index contributed by atoms with van der Waals surface area (Å²) in [5.74, 6) is 1.11. The minimum Gasteiger partial charge on any atom is -0.384 e. The van der Waals surface area contributed by atoms with E-state index in [4.69, 9.17) is 15.2 Å². The van der Waals surface area contributed by atoms with Crippen LogP contribution in [0.15, 0.2) is 18.3 Å². The van der Waals surface area contributed by atoms with E-state index in [1.54, 1.807) is 12.3 Å². The minimum absolute atomic E-state index is 0.544. The van der Waals surface area contributed by atoms with Gasteiger partial charge in [-0.1, -0.05) is 6.07 Å². The van der Waals surface area contributed by atoms with E-state index in [0.29, 0.717) is 18.3 Å². The Balaban J connectivity index is 1.71. The third-order valence-corrected chi connectivity index (χ3v) is 2.49. The van der Waals surface area contributed by atoms with E-state index in [2.05, 4.69) is 4.98 Å². The lowest BCUT2D eigenvalue weighted by molar-refractivity contribution is 0.0790. The van der Waals surface area contributed by atoms with Crippen molar-refractivity contribution < 1.29 is 9.47 Å². The van der Waals surface area contributed by atoms with Crippen LogP contribution in [0.5, 0.6) is 0 Å². The number of nitrogen functional groups attached to an aromatic ring is 1. The van der Waals surface area contributed by atoms with Crippen LogP contribution in [0.25, 0.3) is 0 Å². The summed E-state index contributed by atoms with van der Waals surface area (Å²) >= 11 is 0. The first-order valence-electron chi connectivity index (χ1n) is 5.20. The molecule has 1 aliphatic rings. The molecule has 2 rings (SSSR count). The summed E-state index contributed by atoms with van der Waals surface area (Å²) in [4.78, 5) is 4.00. The highest BCUT2D eigenvalue weighted by atomic mass is 16.5. The fourth-order valence-electron chi connectivity index (χ4n) is 1.58. The Kier molecular flexibility index (Phi) is 3.53. The van der Waals surface area contributed by atoms with Crippen molar-refractivity contribution in [3.05, 3.63) is 23.9 Å². The highest BCUT2D eigenvalue weighted by Gasteiger charge is 2.15. The van der Waals surface area contributed by atoms with E-state index in [-0.39, 0.29) is 0 Å². The fourth-order valence-corrected chi connectivity index (χ4v) is 1.58. The van der Waals surface area contributed by atoms with Crippen LogP contribution >= 0.6 is 0 Å². The summed E-state index contributed by atoms with van der Waals surface area (Å²) in [7, 11) is 0. The van der Waals surface area contributed by atoms with E-state index in [1.165, 1.54) is 0 Å². The van der Waals surface area contributed by atoms with Gasteiger partial charge in [-0.15, -0.1) is 0 Å². The van der Waals surface area contributed by atoms with Gasteiger partial charge in [0.05, 0.1) is 19.8 Å². The normalized spacial score (nSPS) is 20.7. The van der Waals surface area contributed by atoms with Gasteiger partial charge >= 0.3 is 0 Å². The molecule has 2 heterocycles. The van der Waals surface area contributed by atoms with Gasteiger partial charge in [0, 0.05) is 18.7 Å². The van der Waals surface area contributed by atoms with Crippen LogP contribution in [0.3, 0.4) is 0 Å². The van der Waals surface area contributed by atoms with Gasteiger partial charge in [0.15, 0.2) is 0 Å². The Labute approximate surface area is 89.4 Å². The van der Waals surface area contributed by atoms with Crippen LogP contribution in [0, 0.1) is 5.92 Å². The molecule has 2 N–H and O–H groups in total. The molecule has 1 atom stereocenters. The molecule has 0 amide bonds. The summed E-state index contributed by atoms with van der Waals surface area (Å²) in [6, 6.07) is 3.73. The molecule has 4 heteroatoms. The summed E-state index contributed by atoms with van der Waals surface area (Å²) in [6.07, 6.45) is 2.86. The van der Waals surface area contributed by atoms with Gasteiger partial charge < -0.3 is 15.2 Å². The molecule has 15 heavy (non-hydrogen) atoms. The molecule has 4 nitrogen and oxygen atoms in total. The van der Waals surface area contributed by atoms with Crippen molar-refractivity contribution in [2.24, 2.45) is 5.92 Å². The Morgan fingerprint density at radius 1 is 1.53 bits per heavy atom. The van der Waals surface area contributed by atoms with Gasteiger partial charge in [-0.05, 0) is 18.1 Å². The Bertz CT molecular complexity index is 294. The average molecular weight is 208 g/mol. The molecule has 0 radical (unpaired) electrons. The predicted molar refractivity (Wildman–Crippen MR) is 57.2 cm³/mol. The van der Waals surface area contributed by atoms with Crippen molar-refractivity contribution in [2.45, 2.75) is 13.0 Å². The monoisotopic (exact) mass is 208 g/mol. The van der Waals surface area contributed by atoms with E-state index in [1.807, 2.05) is 6.07 Å². The van der Waals surface area contributed by atoms with Crippen molar-refractivity contribution >= 4 is 5.82 Å². The number of nitrogens with two attached hydrogens (primary N) is 1. The zero-order valence-corrected chi connectivity index (χ0v) is 8.69. The maximum absolute atomic E-state index is 5.58. The second-order valence-corrected chi connectivity index (χ2v) is 3.84. The highest BCUT2D eigenvalue weighted by molar-refractivity contribution is 5.28. The lowest BCUT2D eigenvalue weighted by Gasteiger charge is -2.08. The van der Waals surface area contributed by atoms with Crippen molar-refractivity contribution in [1.82, 2.24) is 4.98 Å². The van der Waals surface area contributed by atoms with E-state index in [0.717, 1.165) is 31.8 Å². The smallest absolute Gasteiger partial charge is 0.123 e. The predicted octanol–water partition coefficient (Wildman–Crippen LogP) is 1.22. The third-order valence-electron chi connectivity index (χ3n) is 2.49. The van der Waals surface area contributed by atoms with Crippen LogP contribution in [-0.4, -0.2) is 24.8 Å². The van der Waals surface area contributed by atoms with Crippen LogP contribution in [0.4, 0.5) is 5.82 Å². The first kappa shape index (κ1) is 10.4. The van der Waals surface area contributed by atoms with Crippen LogP contribution in [0.2, 0.25) is 0 Å². The number of rotatable bonds is 4. The minimum atomic E-state index is 0.544. The molecular weight excluding hydrogens is 192 g/mol. The van der Waals surface area contributed by atoms with Crippen molar-refractivity contribution in [2.75, 3.05) is 25.6 Å². The largest absolute Gasteiger partial charge is 0.384 e. The molecule has 0 aliphatic carbocycles. The number of hydrogen-bond acceptors (Lipinski definition) is 4. The SMILES string of the molecule is Nc1ccc(COCC2CCOC2)cn1. The standard InChI is InChI=1S/C11H16N2O2/c12-11-2-1-9(5-13-11)6-15-8-10-3-4-14-7-10/h1-2,5,10H,3-4,6-8H2,(H2,12,13). The van der Waals surface area contributed by atoms with Crippen molar-refractivity contribution in [3.63, 3.8) is 0 Å². The first-order valence-corrected chi connectivity index (χ1v) is 5.20. The molecule has 82 valence electrons. The molecule has 1 aromatic heterocycles. The van der Waals surface area contributed by atoms with Crippen molar-refractivity contribution in [3.8, 4) is 0 Å². The number of hydrogen-bond donors (Lipinski definition) is 1. The van der Waals surface area contributed by atoms with Gasteiger partial charge in [0.1, 0.15) is 5.82 Å². The van der Waals surface area contributed by atoms with Crippen LogP contribution < -0.4 is 5.73 Å². The molecule has 1 aliphatic heterocycles. The van der Waals surface area contributed by atoms with Crippen LogP contribution in [-0.2, 0) is 16.1 Å². The zero-order chi connectivity index (χ0) is 10.5. The molecular formula is C11H16N2O2. The topological polar surface area (TPSA) is 57.4 Å². The third kappa shape index (κ3) is 3.18. The summed E-state index contributed by atoms with van der Waals surface area (Å²) < 4.78 is 10.8. The fraction of sp³-hybridized carbons (Fsp3) is 0.545. The highest BCUT2D eigenvalue weighted by Crippen LogP contribution is 2.13. The van der Waals surface area contributed by atoms with E-state index < -0.39 is 0 Å². The number of aromatic nitrogens is 1. The lowest BCUT2D eigenvalue weighted by Crippen LogP contribution is -2.09. The Morgan fingerprint density at radius 3 is 3.13 bits per heavy atom. The molecule has 0 bridgehead atoms. The second kappa shape index (κ2) is 5.09. The molecule has 1 aromatic rings. The first-order chi connectivity index (χ1) is 7.34. The molecule has 0 spiro atoms. The lowest BCUT2D eigenvalue weighted by atomic mass is 10.1. The van der Waals surface area contributed by atoms with Gasteiger partial charge in [-0.3, -0.25) is 0 Å².